The predicted octanol–water partition coefficient (Wildman–Crippen LogP) is 12.4. The van der Waals surface area contributed by atoms with Crippen molar-refractivity contribution in [1.82, 2.24) is 19.9 Å². The lowest BCUT2D eigenvalue weighted by atomic mass is 10.0. The number of benzene rings is 4. The molecule has 8 heteroatoms. The zero-order chi connectivity index (χ0) is 38.8. The molecule has 0 atom stereocenters. The molecule has 0 aliphatic carbocycles. The van der Waals surface area contributed by atoms with E-state index in [-0.39, 0.29) is 24.4 Å². The first-order chi connectivity index (χ1) is 27.0. The first-order valence-corrected chi connectivity index (χ1v) is 19.6. The summed E-state index contributed by atoms with van der Waals surface area (Å²) in [5.41, 5.74) is 10.7. The monoisotopic (exact) mass is 742 g/mol. The molecule has 0 unspecified atom stereocenters. The Kier molecular flexibility index (Phi) is 8.72. The average Bonchev–Trinajstić information content (AvgIpc) is 3.87. The molecule has 0 spiro atoms. The van der Waals surface area contributed by atoms with Crippen LogP contribution in [0.2, 0.25) is 0 Å². The van der Waals surface area contributed by atoms with Crippen LogP contribution >= 0.6 is 0 Å². The summed E-state index contributed by atoms with van der Waals surface area (Å²) in [6.45, 7) is 16.4. The standard InChI is InChI=1S/C48H46N4O4/c1-25(2)53-41-17-9-13-29-33-22-38-47-31(15-11-19-43(47)55-27(5)6)35(51-38)24-40-48-32(16-12-20-44(48)56-28(7)8)36(52-40)23-39-46-30(14-10-18-42(46)54-26(3)4)34(50-39)21-37(49-33)45(29)41/h9-28,49,52H,1-8H3. The lowest BCUT2D eigenvalue weighted by Crippen LogP contribution is -2.06. The van der Waals surface area contributed by atoms with Crippen LogP contribution in [0.25, 0.3) is 88.6 Å². The summed E-state index contributed by atoms with van der Waals surface area (Å²) in [6.07, 6.45) is -0.0863. The number of rotatable bonds is 8. The van der Waals surface area contributed by atoms with Crippen molar-refractivity contribution in [2.45, 2.75) is 79.8 Å². The van der Waals surface area contributed by atoms with E-state index in [0.717, 1.165) is 112 Å². The Labute approximate surface area is 326 Å². The molecule has 2 aliphatic rings. The molecule has 2 aliphatic heterocycles. The van der Waals surface area contributed by atoms with Gasteiger partial charge in [-0.05, 0) is 104 Å². The van der Waals surface area contributed by atoms with Crippen LogP contribution in [0.15, 0.2) is 97.1 Å². The lowest BCUT2D eigenvalue weighted by Gasteiger charge is -2.13. The normalized spacial score (nSPS) is 12.2. The van der Waals surface area contributed by atoms with Crippen molar-refractivity contribution in [3.05, 3.63) is 97.1 Å². The molecule has 0 saturated heterocycles. The summed E-state index contributed by atoms with van der Waals surface area (Å²) in [5.74, 6) is 3.17. The Morgan fingerprint density at radius 2 is 0.732 bits per heavy atom. The molecular formula is C48H46N4O4. The van der Waals surface area contributed by atoms with Crippen LogP contribution in [-0.4, -0.2) is 44.4 Å². The first kappa shape index (κ1) is 35.4. The third-order valence-corrected chi connectivity index (χ3v) is 9.88. The van der Waals surface area contributed by atoms with Crippen molar-refractivity contribution in [1.29, 1.82) is 0 Å². The van der Waals surface area contributed by atoms with Gasteiger partial charge in [0.2, 0.25) is 0 Å². The number of aromatic nitrogens is 4. The summed E-state index contributed by atoms with van der Waals surface area (Å²) in [6, 6.07) is 33.3. The summed E-state index contributed by atoms with van der Waals surface area (Å²) >= 11 is 0. The zero-order valence-electron chi connectivity index (χ0n) is 33.1. The molecule has 8 bridgehead atoms. The molecule has 0 saturated carbocycles. The number of H-pyrrole nitrogens is 2. The number of nitrogens with one attached hydrogen (secondary N) is 2. The molecule has 9 rings (SSSR count). The highest BCUT2D eigenvalue weighted by atomic mass is 16.5. The Morgan fingerprint density at radius 1 is 0.393 bits per heavy atom. The minimum absolute atomic E-state index is 0.0199. The van der Waals surface area contributed by atoms with Gasteiger partial charge in [0, 0.05) is 43.7 Å². The van der Waals surface area contributed by atoms with Crippen LogP contribution < -0.4 is 18.9 Å². The van der Waals surface area contributed by atoms with E-state index < -0.39 is 0 Å². The van der Waals surface area contributed by atoms with Crippen molar-refractivity contribution in [3.8, 4) is 68.0 Å². The largest absolute Gasteiger partial charge is 0.490 e. The molecule has 0 amide bonds. The van der Waals surface area contributed by atoms with Crippen molar-refractivity contribution in [3.63, 3.8) is 0 Å². The molecule has 0 fully saturated rings. The van der Waals surface area contributed by atoms with Crippen molar-refractivity contribution in [2.75, 3.05) is 0 Å². The SMILES string of the molecule is CC(C)Oc1cccc2c1-c1cc3[nH]c(cc4nc(cc5[nH]c(cc-2n1)c1c(OC(C)C)cccc51)-c1c(OC(C)C)cccc1-4)c1c(OC(C)C)cccc31. The number of hydrogen-bond donors (Lipinski definition) is 2. The van der Waals surface area contributed by atoms with E-state index in [0.29, 0.717) is 0 Å². The van der Waals surface area contributed by atoms with Crippen molar-refractivity contribution >= 4 is 43.6 Å². The molecule has 7 aromatic rings. The lowest BCUT2D eigenvalue weighted by molar-refractivity contribution is 0.243. The zero-order valence-corrected chi connectivity index (χ0v) is 33.1. The molecule has 8 nitrogen and oxygen atoms in total. The third-order valence-electron chi connectivity index (χ3n) is 9.88. The summed E-state index contributed by atoms with van der Waals surface area (Å²) < 4.78 is 25.8. The second-order valence-electron chi connectivity index (χ2n) is 15.6. The number of ether oxygens (including phenoxy) is 4. The maximum Gasteiger partial charge on any atom is 0.129 e. The van der Waals surface area contributed by atoms with Gasteiger partial charge in [-0.1, -0.05) is 48.5 Å². The molecule has 56 heavy (non-hydrogen) atoms. The fourth-order valence-corrected chi connectivity index (χ4v) is 7.95. The first-order valence-electron chi connectivity index (χ1n) is 19.6. The molecule has 2 N–H and O–H groups in total. The molecule has 0 radical (unpaired) electrons. The van der Waals surface area contributed by atoms with Gasteiger partial charge in [-0.3, -0.25) is 0 Å². The van der Waals surface area contributed by atoms with Gasteiger partial charge in [-0.25, -0.2) is 9.97 Å². The number of hydrogen-bond acceptors (Lipinski definition) is 6. The second kappa shape index (κ2) is 13.8. The Hall–Kier alpha value is -6.28. The highest BCUT2D eigenvalue weighted by Gasteiger charge is 2.25. The van der Waals surface area contributed by atoms with E-state index in [2.05, 4.69) is 86.2 Å². The van der Waals surface area contributed by atoms with E-state index in [4.69, 9.17) is 28.9 Å². The summed E-state index contributed by atoms with van der Waals surface area (Å²) in [4.78, 5) is 18.3. The molecule has 282 valence electrons. The Morgan fingerprint density at radius 3 is 1.12 bits per heavy atom. The van der Waals surface area contributed by atoms with Gasteiger partial charge in [0.25, 0.3) is 0 Å². The fraction of sp³-hybridized carbons (Fsp3) is 0.250. The van der Waals surface area contributed by atoms with Gasteiger partial charge in [0.1, 0.15) is 23.0 Å². The van der Waals surface area contributed by atoms with Crippen LogP contribution in [0.5, 0.6) is 23.0 Å². The topological polar surface area (TPSA) is 94.3 Å². The third kappa shape index (κ3) is 6.19. The van der Waals surface area contributed by atoms with Crippen LogP contribution in [0.1, 0.15) is 55.4 Å². The van der Waals surface area contributed by atoms with Crippen LogP contribution in [0.3, 0.4) is 0 Å². The second-order valence-corrected chi connectivity index (χ2v) is 15.6. The fourth-order valence-electron chi connectivity index (χ4n) is 7.95. The highest BCUT2D eigenvalue weighted by Crippen LogP contribution is 2.47. The van der Waals surface area contributed by atoms with Crippen molar-refractivity contribution < 1.29 is 18.9 Å². The van der Waals surface area contributed by atoms with Gasteiger partial charge in [0.15, 0.2) is 0 Å². The highest BCUT2D eigenvalue weighted by molar-refractivity contribution is 6.13. The van der Waals surface area contributed by atoms with Crippen LogP contribution in [0, 0.1) is 0 Å². The van der Waals surface area contributed by atoms with E-state index in [1.54, 1.807) is 0 Å². The van der Waals surface area contributed by atoms with Gasteiger partial charge in [0.05, 0.1) is 69.4 Å². The number of nitrogens with zero attached hydrogens (tertiary/aromatic N) is 2. The minimum Gasteiger partial charge on any atom is -0.490 e. The van der Waals surface area contributed by atoms with E-state index >= 15 is 0 Å². The number of fused-ring (bicyclic) bond motifs is 20. The Bertz CT molecular complexity index is 2650. The van der Waals surface area contributed by atoms with Gasteiger partial charge < -0.3 is 28.9 Å². The van der Waals surface area contributed by atoms with Gasteiger partial charge in [-0.15, -0.1) is 0 Å². The van der Waals surface area contributed by atoms with Crippen LogP contribution in [-0.2, 0) is 0 Å². The molecule has 3 aromatic heterocycles. The number of aromatic amines is 2. The molecule has 4 aromatic carbocycles. The summed E-state index contributed by atoms with van der Waals surface area (Å²) in [7, 11) is 0. The van der Waals surface area contributed by atoms with E-state index in [1.165, 1.54) is 0 Å². The van der Waals surface area contributed by atoms with Gasteiger partial charge >= 0.3 is 0 Å². The van der Waals surface area contributed by atoms with E-state index in [1.807, 2.05) is 76.2 Å². The minimum atomic E-state index is -0.0233. The van der Waals surface area contributed by atoms with Crippen molar-refractivity contribution in [2.24, 2.45) is 0 Å². The van der Waals surface area contributed by atoms with Gasteiger partial charge in [-0.2, -0.15) is 0 Å². The molecular weight excluding hydrogens is 697 g/mol. The quantitative estimate of drug-likeness (QED) is 0.161. The maximum atomic E-state index is 6.46. The Balaban J connectivity index is 1.49. The van der Waals surface area contributed by atoms with E-state index in [9.17, 15) is 0 Å². The summed E-state index contributed by atoms with van der Waals surface area (Å²) in [5, 5.41) is 3.99. The molecule has 5 heterocycles. The van der Waals surface area contributed by atoms with Crippen LogP contribution in [0.4, 0.5) is 0 Å². The predicted molar refractivity (Wildman–Crippen MR) is 228 cm³/mol. The smallest absolute Gasteiger partial charge is 0.129 e. The maximum absolute atomic E-state index is 6.46. The average molecular weight is 743 g/mol.